The highest BCUT2D eigenvalue weighted by Gasteiger charge is 2.31. The zero-order chi connectivity index (χ0) is 14.9. The van der Waals surface area contributed by atoms with Gasteiger partial charge < -0.3 is 9.64 Å². The highest BCUT2D eigenvalue weighted by atomic mass is 16.6. The monoisotopic (exact) mass is 275 g/mol. The number of aryl methyl sites for hydroxylation is 2. The Morgan fingerprint density at radius 1 is 1.30 bits per heavy atom. The largest absolute Gasteiger partial charge is 0.444 e. The summed E-state index contributed by atoms with van der Waals surface area (Å²) in [4.78, 5) is 13.9. The van der Waals surface area contributed by atoms with Gasteiger partial charge >= 0.3 is 6.09 Å². The van der Waals surface area contributed by atoms with E-state index in [1.165, 1.54) is 16.7 Å². The third-order valence-electron chi connectivity index (χ3n) is 3.71. The third kappa shape index (κ3) is 3.53. The summed E-state index contributed by atoms with van der Waals surface area (Å²) in [7, 11) is 0. The number of hydrogen-bond acceptors (Lipinski definition) is 2. The second-order valence-electron chi connectivity index (χ2n) is 6.77. The van der Waals surface area contributed by atoms with Crippen LogP contribution in [0.3, 0.4) is 0 Å². The fraction of sp³-hybridized carbons (Fsp3) is 0.588. The van der Waals surface area contributed by atoms with Gasteiger partial charge in [-0.25, -0.2) is 4.79 Å². The molecule has 1 atom stereocenters. The molecule has 1 fully saturated rings. The van der Waals surface area contributed by atoms with E-state index in [2.05, 4.69) is 32.0 Å². The zero-order valence-corrected chi connectivity index (χ0v) is 13.2. The van der Waals surface area contributed by atoms with Crippen LogP contribution in [0.15, 0.2) is 18.2 Å². The number of likely N-dealkylation sites (tertiary alicyclic amines) is 1. The van der Waals surface area contributed by atoms with Crippen molar-refractivity contribution in [3.8, 4) is 0 Å². The SMILES string of the molecule is Cc1ccc(C)c(C2CCN(C(=O)OC(C)(C)C)C2)c1. The van der Waals surface area contributed by atoms with Gasteiger partial charge in [-0.15, -0.1) is 0 Å². The Balaban J connectivity index is 2.05. The van der Waals surface area contributed by atoms with Crippen LogP contribution in [0.2, 0.25) is 0 Å². The molecule has 1 aliphatic heterocycles. The van der Waals surface area contributed by atoms with Crippen LogP contribution in [-0.4, -0.2) is 29.7 Å². The average molecular weight is 275 g/mol. The van der Waals surface area contributed by atoms with Crippen molar-refractivity contribution in [2.24, 2.45) is 0 Å². The minimum atomic E-state index is -0.422. The Morgan fingerprint density at radius 3 is 2.65 bits per heavy atom. The molecule has 0 aromatic heterocycles. The highest BCUT2D eigenvalue weighted by Crippen LogP contribution is 2.30. The van der Waals surface area contributed by atoms with E-state index in [0.29, 0.717) is 5.92 Å². The van der Waals surface area contributed by atoms with E-state index in [1.807, 2.05) is 25.7 Å². The maximum atomic E-state index is 12.1. The van der Waals surface area contributed by atoms with Crippen LogP contribution in [0, 0.1) is 13.8 Å². The molecule has 0 bridgehead atoms. The van der Waals surface area contributed by atoms with Crippen molar-refractivity contribution < 1.29 is 9.53 Å². The van der Waals surface area contributed by atoms with Gasteiger partial charge in [-0.1, -0.05) is 23.8 Å². The number of rotatable bonds is 1. The van der Waals surface area contributed by atoms with Crippen molar-refractivity contribution in [2.45, 2.75) is 52.6 Å². The van der Waals surface area contributed by atoms with Crippen LogP contribution in [0.4, 0.5) is 4.79 Å². The first-order valence-corrected chi connectivity index (χ1v) is 7.31. The number of carbonyl (C=O) groups excluding carboxylic acids is 1. The standard InChI is InChI=1S/C17H25NO2/c1-12-6-7-13(2)15(10-12)14-8-9-18(11-14)16(19)20-17(3,4)5/h6-7,10,14H,8-9,11H2,1-5H3. The van der Waals surface area contributed by atoms with Crippen molar-refractivity contribution >= 4 is 6.09 Å². The number of amides is 1. The van der Waals surface area contributed by atoms with E-state index < -0.39 is 5.60 Å². The van der Waals surface area contributed by atoms with Crippen LogP contribution in [-0.2, 0) is 4.74 Å². The van der Waals surface area contributed by atoms with Gasteiger partial charge in [-0.2, -0.15) is 0 Å². The summed E-state index contributed by atoms with van der Waals surface area (Å²) in [5.41, 5.74) is 3.54. The average Bonchev–Trinajstić information content (AvgIpc) is 2.79. The number of benzene rings is 1. The summed E-state index contributed by atoms with van der Waals surface area (Å²) in [6.07, 6.45) is 0.828. The van der Waals surface area contributed by atoms with Crippen molar-refractivity contribution in [1.82, 2.24) is 4.90 Å². The molecule has 1 amide bonds. The molecular weight excluding hydrogens is 250 g/mol. The molecule has 3 heteroatoms. The van der Waals surface area contributed by atoms with Gasteiger partial charge in [0.15, 0.2) is 0 Å². The summed E-state index contributed by atoms with van der Waals surface area (Å²) in [5.74, 6) is 0.433. The van der Waals surface area contributed by atoms with Gasteiger partial charge in [0.1, 0.15) is 5.60 Å². The Morgan fingerprint density at radius 2 is 2.00 bits per heavy atom. The molecule has 0 aliphatic carbocycles. The molecule has 1 aliphatic rings. The molecule has 0 saturated carbocycles. The van der Waals surface area contributed by atoms with E-state index in [1.54, 1.807) is 0 Å². The van der Waals surface area contributed by atoms with Gasteiger partial charge in [0.25, 0.3) is 0 Å². The number of hydrogen-bond donors (Lipinski definition) is 0. The first-order valence-electron chi connectivity index (χ1n) is 7.31. The summed E-state index contributed by atoms with van der Waals surface area (Å²) in [6.45, 7) is 11.5. The predicted molar refractivity (Wildman–Crippen MR) is 81.1 cm³/mol. The van der Waals surface area contributed by atoms with Gasteiger partial charge in [-0.05, 0) is 52.2 Å². The molecule has 2 rings (SSSR count). The number of nitrogens with zero attached hydrogens (tertiary/aromatic N) is 1. The van der Waals surface area contributed by atoms with Crippen LogP contribution < -0.4 is 0 Å². The predicted octanol–water partition coefficient (Wildman–Crippen LogP) is 4.03. The molecule has 1 aromatic carbocycles. The van der Waals surface area contributed by atoms with Crippen molar-refractivity contribution in [2.75, 3.05) is 13.1 Å². The van der Waals surface area contributed by atoms with Crippen LogP contribution in [0.1, 0.15) is 49.8 Å². The van der Waals surface area contributed by atoms with E-state index >= 15 is 0 Å². The van der Waals surface area contributed by atoms with Crippen molar-refractivity contribution in [1.29, 1.82) is 0 Å². The minimum absolute atomic E-state index is 0.190. The quantitative estimate of drug-likeness (QED) is 0.774. The summed E-state index contributed by atoms with van der Waals surface area (Å²) in [5, 5.41) is 0. The molecular formula is C17H25NO2. The fourth-order valence-electron chi connectivity index (χ4n) is 2.71. The minimum Gasteiger partial charge on any atom is -0.444 e. The second kappa shape index (κ2) is 5.47. The molecule has 1 aromatic rings. The van der Waals surface area contributed by atoms with E-state index in [4.69, 9.17) is 4.74 Å². The maximum Gasteiger partial charge on any atom is 0.410 e. The first kappa shape index (κ1) is 14.9. The molecule has 1 heterocycles. The van der Waals surface area contributed by atoms with E-state index in [-0.39, 0.29) is 6.09 Å². The lowest BCUT2D eigenvalue weighted by atomic mass is 9.93. The molecule has 1 saturated heterocycles. The van der Waals surface area contributed by atoms with Gasteiger partial charge in [0.2, 0.25) is 0 Å². The lowest BCUT2D eigenvalue weighted by Crippen LogP contribution is -2.35. The topological polar surface area (TPSA) is 29.5 Å². The number of carbonyl (C=O) groups is 1. The lowest BCUT2D eigenvalue weighted by molar-refractivity contribution is 0.0292. The Bertz CT molecular complexity index is 502. The fourth-order valence-corrected chi connectivity index (χ4v) is 2.71. The normalized spacial score (nSPS) is 19.2. The maximum absolute atomic E-state index is 12.1. The molecule has 0 spiro atoms. The Kier molecular flexibility index (Phi) is 4.07. The molecule has 110 valence electrons. The molecule has 1 unspecified atom stereocenters. The van der Waals surface area contributed by atoms with Crippen molar-refractivity contribution in [3.63, 3.8) is 0 Å². The first-order chi connectivity index (χ1) is 9.26. The highest BCUT2D eigenvalue weighted by molar-refractivity contribution is 5.68. The smallest absolute Gasteiger partial charge is 0.410 e. The second-order valence-corrected chi connectivity index (χ2v) is 6.77. The molecule has 0 N–H and O–H groups in total. The van der Waals surface area contributed by atoms with E-state index in [0.717, 1.165) is 19.5 Å². The Hall–Kier alpha value is -1.51. The van der Waals surface area contributed by atoms with E-state index in [9.17, 15) is 4.79 Å². The number of ether oxygens (including phenoxy) is 1. The summed E-state index contributed by atoms with van der Waals surface area (Å²) < 4.78 is 5.45. The molecule has 0 radical (unpaired) electrons. The lowest BCUT2D eigenvalue weighted by Gasteiger charge is -2.24. The van der Waals surface area contributed by atoms with Crippen molar-refractivity contribution in [3.05, 3.63) is 34.9 Å². The zero-order valence-electron chi connectivity index (χ0n) is 13.2. The van der Waals surface area contributed by atoms with Crippen LogP contribution >= 0.6 is 0 Å². The van der Waals surface area contributed by atoms with Gasteiger partial charge in [0, 0.05) is 19.0 Å². The Labute approximate surface area is 121 Å². The van der Waals surface area contributed by atoms with Gasteiger partial charge in [0.05, 0.1) is 0 Å². The van der Waals surface area contributed by atoms with Crippen LogP contribution in [0.5, 0.6) is 0 Å². The molecule has 20 heavy (non-hydrogen) atoms. The summed E-state index contributed by atoms with van der Waals surface area (Å²) in [6, 6.07) is 6.55. The third-order valence-corrected chi connectivity index (χ3v) is 3.71. The van der Waals surface area contributed by atoms with Crippen LogP contribution in [0.25, 0.3) is 0 Å². The summed E-state index contributed by atoms with van der Waals surface area (Å²) >= 11 is 0. The van der Waals surface area contributed by atoms with Gasteiger partial charge in [-0.3, -0.25) is 0 Å². The molecule has 3 nitrogen and oxygen atoms in total.